The Hall–Kier alpha value is -2.82. The van der Waals surface area contributed by atoms with Crippen molar-refractivity contribution in [1.29, 1.82) is 0 Å². The molecule has 1 N–H and O–H groups in total. The number of carbonyl (C=O) groups is 1. The zero-order valence-corrected chi connectivity index (χ0v) is 18.2. The molecule has 4 nitrogen and oxygen atoms in total. The second-order valence-corrected chi connectivity index (χ2v) is 8.18. The van der Waals surface area contributed by atoms with Crippen LogP contribution in [0.5, 0.6) is 0 Å². The van der Waals surface area contributed by atoms with Crippen LogP contribution in [0.15, 0.2) is 78.9 Å². The number of carbonyl (C=O) groups excluding carboxylic acids is 1. The molecule has 0 aromatic heterocycles. The third-order valence-corrected chi connectivity index (χ3v) is 5.96. The van der Waals surface area contributed by atoms with E-state index in [-0.39, 0.29) is 18.3 Å². The topological polar surface area (TPSA) is 43.8 Å². The summed E-state index contributed by atoms with van der Waals surface area (Å²) in [6.07, 6.45) is 1.20. The molecule has 1 aliphatic rings. The van der Waals surface area contributed by atoms with Crippen LogP contribution in [-0.2, 0) is 24.2 Å². The van der Waals surface area contributed by atoms with Crippen molar-refractivity contribution >= 4 is 28.9 Å². The van der Waals surface area contributed by atoms with Crippen LogP contribution in [0, 0.1) is 0 Å². The van der Waals surface area contributed by atoms with Gasteiger partial charge in [0.1, 0.15) is 5.88 Å². The zero-order valence-electron chi connectivity index (χ0n) is 17.5. The Balaban J connectivity index is 1.57. The second-order valence-electron chi connectivity index (χ2n) is 7.92. The first kappa shape index (κ1) is 21.4. The SMILES string of the molecule is O=C(CCl)N(Cc1ccccc1)CC(O)CN1c2ccccc2CCc2ccccc21. The summed E-state index contributed by atoms with van der Waals surface area (Å²) in [7, 11) is 0. The molecular weight excluding hydrogens is 408 g/mol. The van der Waals surface area contributed by atoms with Crippen LogP contribution in [0.2, 0.25) is 0 Å². The molecule has 3 aromatic carbocycles. The van der Waals surface area contributed by atoms with Gasteiger partial charge in [-0.2, -0.15) is 0 Å². The van der Waals surface area contributed by atoms with Gasteiger partial charge in [0.2, 0.25) is 5.91 Å². The molecule has 1 unspecified atom stereocenters. The van der Waals surface area contributed by atoms with Gasteiger partial charge < -0.3 is 14.9 Å². The average Bonchev–Trinajstić information content (AvgIpc) is 2.96. The number of β-amino-alcohol motifs (C(OH)–C–C–N with tert-alkyl or cyclic N) is 1. The smallest absolute Gasteiger partial charge is 0.237 e. The molecule has 4 rings (SSSR count). The minimum atomic E-state index is -0.727. The van der Waals surface area contributed by atoms with E-state index in [0.29, 0.717) is 13.1 Å². The van der Waals surface area contributed by atoms with E-state index < -0.39 is 6.10 Å². The van der Waals surface area contributed by atoms with Crippen molar-refractivity contribution in [2.75, 3.05) is 23.9 Å². The van der Waals surface area contributed by atoms with E-state index in [1.54, 1.807) is 4.90 Å². The second kappa shape index (κ2) is 9.99. The first-order chi connectivity index (χ1) is 15.2. The molecule has 160 valence electrons. The Morgan fingerprint density at radius 2 is 1.45 bits per heavy atom. The Bertz CT molecular complexity index is 977. The third-order valence-electron chi connectivity index (χ3n) is 5.74. The lowest BCUT2D eigenvalue weighted by atomic mass is 10.0. The summed E-state index contributed by atoms with van der Waals surface area (Å²) in [4.78, 5) is 16.3. The quantitative estimate of drug-likeness (QED) is 0.555. The fourth-order valence-corrected chi connectivity index (χ4v) is 4.40. The number of benzene rings is 3. The van der Waals surface area contributed by atoms with Gasteiger partial charge >= 0.3 is 0 Å². The Labute approximate surface area is 188 Å². The fraction of sp³-hybridized carbons (Fsp3) is 0.269. The summed E-state index contributed by atoms with van der Waals surface area (Å²) >= 11 is 5.86. The number of hydrogen-bond donors (Lipinski definition) is 1. The maximum Gasteiger partial charge on any atom is 0.237 e. The maximum atomic E-state index is 12.5. The lowest BCUT2D eigenvalue weighted by molar-refractivity contribution is -0.130. The number of anilines is 2. The zero-order chi connectivity index (χ0) is 21.6. The molecular formula is C26H27ClN2O2. The minimum Gasteiger partial charge on any atom is -0.389 e. The molecule has 5 heteroatoms. The number of hydrogen-bond acceptors (Lipinski definition) is 3. The Morgan fingerprint density at radius 1 is 0.903 bits per heavy atom. The van der Waals surface area contributed by atoms with Crippen molar-refractivity contribution < 1.29 is 9.90 Å². The van der Waals surface area contributed by atoms with Gasteiger partial charge in [0.15, 0.2) is 0 Å². The normalized spacial score (nSPS) is 13.7. The molecule has 0 fully saturated rings. The van der Waals surface area contributed by atoms with E-state index in [0.717, 1.165) is 29.8 Å². The predicted octanol–water partition coefficient (Wildman–Crippen LogP) is 4.55. The van der Waals surface area contributed by atoms with Gasteiger partial charge in [0.25, 0.3) is 0 Å². The van der Waals surface area contributed by atoms with Crippen LogP contribution in [0.3, 0.4) is 0 Å². The van der Waals surface area contributed by atoms with Gasteiger partial charge in [-0.1, -0.05) is 66.7 Å². The van der Waals surface area contributed by atoms with E-state index in [2.05, 4.69) is 41.3 Å². The fourth-order valence-electron chi connectivity index (χ4n) is 4.23. The van der Waals surface area contributed by atoms with Gasteiger partial charge in [0, 0.05) is 24.5 Å². The van der Waals surface area contributed by atoms with E-state index in [1.165, 1.54) is 11.1 Å². The molecule has 1 aliphatic heterocycles. The largest absolute Gasteiger partial charge is 0.389 e. The van der Waals surface area contributed by atoms with Crippen molar-refractivity contribution in [3.05, 3.63) is 95.6 Å². The number of aryl methyl sites for hydroxylation is 2. The standard InChI is InChI=1S/C26H27ClN2O2/c27-16-26(31)28(17-20-8-2-1-3-9-20)18-23(30)19-29-24-12-6-4-10-21(24)14-15-22-11-5-7-13-25(22)29/h1-13,23,30H,14-19H2. The molecule has 3 aromatic rings. The summed E-state index contributed by atoms with van der Waals surface area (Å²) in [6, 6.07) is 26.5. The van der Waals surface area contributed by atoms with Crippen LogP contribution in [0.25, 0.3) is 0 Å². The monoisotopic (exact) mass is 434 g/mol. The van der Waals surface area contributed by atoms with Gasteiger partial charge in [-0.25, -0.2) is 0 Å². The van der Waals surface area contributed by atoms with Crippen LogP contribution < -0.4 is 4.90 Å². The molecule has 31 heavy (non-hydrogen) atoms. The van der Waals surface area contributed by atoms with Gasteiger partial charge in [-0.15, -0.1) is 11.6 Å². The number of rotatable bonds is 7. The van der Waals surface area contributed by atoms with Crippen molar-refractivity contribution in [2.45, 2.75) is 25.5 Å². The summed E-state index contributed by atoms with van der Waals surface area (Å²) in [6.45, 7) is 1.05. The van der Waals surface area contributed by atoms with Crippen molar-refractivity contribution in [1.82, 2.24) is 4.90 Å². The number of aliphatic hydroxyl groups excluding tert-OH is 1. The molecule has 0 bridgehead atoms. The summed E-state index contributed by atoms with van der Waals surface area (Å²) < 4.78 is 0. The Morgan fingerprint density at radius 3 is 2.03 bits per heavy atom. The van der Waals surface area contributed by atoms with E-state index in [4.69, 9.17) is 11.6 Å². The number of amides is 1. The van der Waals surface area contributed by atoms with Gasteiger partial charge in [0.05, 0.1) is 12.6 Å². The molecule has 1 heterocycles. The van der Waals surface area contributed by atoms with Gasteiger partial charge in [-0.3, -0.25) is 4.79 Å². The van der Waals surface area contributed by atoms with Gasteiger partial charge in [-0.05, 0) is 41.7 Å². The van der Waals surface area contributed by atoms with E-state index >= 15 is 0 Å². The molecule has 0 spiro atoms. The van der Waals surface area contributed by atoms with Crippen molar-refractivity contribution in [3.63, 3.8) is 0 Å². The number of aliphatic hydroxyl groups is 1. The lowest BCUT2D eigenvalue weighted by Gasteiger charge is -2.31. The van der Waals surface area contributed by atoms with Crippen LogP contribution in [-0.4, -0.2) is 41.0 Å². The van der Waals surface area contributed by atoms with E-state index in [1.807, 2.05) is 42.5 Å². The summed E-state index contributed by atoms with van der Waals surface area (Å²) in [5, 5.41) is 11.1. The minimum absolute atomic E-state index is 0.102. The first-order valence-electron chi connectivity index (χ1n) is 10.6. The highest BCUT2D eigenvalue weighted by atomic mass is 35.5. The number of nitrogens with zero attached hydrogens (tertiary/aromatic N) is 2. The lowest BCUT2D eigenvalue weighted by Crippen LogP contribution is -2.42. The molecule has 1 atom stereocenters. The van der Waals surface area contributed by atoms with Crippen LogP contribution >= 0.6 is 11.6 Å². The summed E-state index contributed by atoms with van der Waals surface area (Å²) in [5.41, 5.74) is 5.78. The van der Waals surface area contributed by atoms with Crippen molar-refractivity contribution in [2.24, 2.45) is 0 Å². The number of halogens is 1. The number of alkyl halides is 1. The van der Waals surface area contributed by atoms with Crippen LogP contribution in [0.1, 0.15) is 16.7 Å². The average molecular weight is 435 g/mol. The molecule has 0 aliphatic carbocycles. The van der Waals surface area contributed by atoms with E-state index in [9.17, 15) is 9.90 Å². The highest BCUT2D eigenvalue weighted by Crippen LogP contribution is 2.35. The summed E-state index contributed by atoms with van der Waals surface area (Å²) in [5.74, 6) is -0.282. The number of fused-ring (bicyclic) bond motifs is 2. The highest BCUT2D eigenvalue weighted by molar-refractivity contribution is 6.27. The molecule has 0 saturated carbocycles. The highest BCUT2D eigenvalue weighted by Gasteiger charge is 2.24. The molecule has 0 saturated heterocycles. The molecule has 0 radical (unpaired) electrons. The first-order valence-corrected chi connectivity index (χ1v) is 11.2. The third kappa shape index (κ3) is 5.09. The maximum absolute atomic E-state index is 12.5. The van der Waals surface area contributed by atoms with Crippen molar-refractivity contribution in [3.8, 4) is 0 Å². The predicted molar refractivity (Wildman–Crippen MR) is 126 cm³/mol. The Kier molecular flexibility index (Phi) is 6.90. The number of para-hydroxylation sites is 2. The van der Waals surface area contributed by atoms with Crippen LogP contribution in [0.4, 0.5) is 11.4 Å². The molecule has 1 amide bonds.